The highest BCUT2D eigenvalue weighted by molar-refractivity contribution is 5.56. The molecule has 0 bridgehead atoms. The van der Waals surface area contributed by atoms with E-state index in [9.17, 15) is 0 Å². The number of nitrogens with one attached hydrogen (secondary N) is 2. The van der Waals surface area contributed by atoms with Crippen molar-refractivity contribution >= 4 is 0 Å². The Morgan fingerprint density at radius 3 is 2.69 bits per heavy atom. The summed E-state index contributed by atoms with van der Waals surface area (Å²) in [6, 6.07) is 15.3. The van der Waals surface area contributed by atoms with Crippen molar-refractivity contribution in [2.24, 2.45) is 0 Å². The second-order valence-electron chi connectivity index (χ2n) is 7.10. The van der Waals surface area contributed by atoms with Crippen molar-refractivity contribution in [3.8, 4) is 11.5 Å². The quantitative estimate of drug-likeness (QED) is 0.711. The molecule has 1 aliphatic heterocycles. The normalized spacial score (nSPS) is 16.2. The third kappa shape index (κ3) is 4.06. The Bertz CT molecular complexity index is 815. The molecule has 1 aromatic carbocycles. The second kappa shape index (κ2) is 7.89. The van der Waals surface area contributed by atoms with Gasteiger partial charge in [0.25, 0.3) is 0 Å². The summed E-state index contributed by atoms with van der Waals surface area (Å²) in [6.07, 6.45) is 4.25. The van der Waals surface area contributed by atoms with Crippen molar-refractivity contribution in [2.75, 3.05) is 13.1 Å². The van der Waals surface area contributed by atoms with Gasteiger partial charge in [-0.1, -0.05) is 30.3 Å². The van der Waals surface area contributed by atoms with Gasteiger partial charge in [-0.05, 0) is 50.6 Å². The van der Waals surface area contributed by atoms with Gasteiger partial charge in [-0.25, -0.2) is 0 Å². The van der Waals surface area contributed by atoms with Crippen LogP contribution in [0, 0.1) is 6.92 Å². The van der Waals surface area contributed by atoms with Crippen LogP contribution in [-0.2, 0) is 13.1 Å². The van der Waals surface area contributed by atoms with Gasteiger partial charge in [0.05, 0.1) is 6.20 Å². The molecule has 5 heteroatoms. The molecule has 0 unspecified atom stereocenters. The number of piperidine rings is 1. The molecule has 1 saturated heterocycles. The molecule has 5 nitrogen and oxygen atoms in total. The van der Waals surface area contributed by atoms with E-state index in [2.05, 4.69) is 50.7 Å². The monoisotopic (exact) mass is 350 g/mol. The van der Waals surface area contributed by atoms with Crippen LogP contribution in [-0.4, -0.2) is 34.2 Å². The number of likely N-dealkylation sites (tertiary alicyclic amines) is 1. The van der Waals surface area contributed by atoms with E-state index in [1.54, 1.807) is 0 Å². The van der Waals surface area contributed by atoms with E-state index >= 15 is 0 Å². The van der Waals surface area contributed by atoms with Gasteiger partial charge in [-0.3, -0.25) is 10.00 Å². The molecule has 3 aromatic rings. The van der Waals surface area contributed by atoms with Crippen molar-refractivity contribution in [3.63, 3.8) is 0 Å². The van der Waals surface area contributed by atoms with Crippen LogP contribution in [0.1, 0.15) is 29.7 Å². The molecule has 0 aliphatic carbocycles. The van der Waals surface area contributed by atoms with Gasteiger partial charge < -0.3 is 9.73 Å². The molecule has 2 N–H and O–H groups in total. The zero-order valence-corrected chi connectivity index (χ0v) is 15.2. The van der Waals surface area contributed by atoms with Crippen molar-refractivity contribution in [2.45, 2.75) is 38.9 Å². The maximum atomic E-state index is 5.73. The zero-order chi connectivity index (χ0) is 17.8. The fourth-order valence-corrected chi connectivity index (χ4v) is 3.62. The predicted molar refractivity (Wildman–Crippen MR) is 103 cm³/mol. The Balaban J connectivity index is 1.27. The van der Waals surface area contributed by atoms with E-state index in [0.29, 0.717) is 6.04 Å². The van der Waals surface area contributed by atoms with Gasteiger partial charge in [-0.2, -0.15) is 5.10 Å². The highest BCUT2D eigenvalue weighted by Crippen LogP contribution is 2.23. The topological polar surface area (TPSA) is 57.1 Å². The highest BCUT2D eigenvalue weighted by atomic mass is 16.3. The van der Waals surface area contributed by atoms with Gasteiger partial charge >= 0.3 is 0 Å². The summed E-state index contributed by atoms with van der Waals surface area (Å²) in [4.78, 5) is 2.54. The first-order valence-corrected chi connectivity index (χ1v) is 9.36. The minimum absolute atomic E-state index is 0.558. The number of rotatable bonds is 6. The van der Waals surface area contributed by atoms with Gasteiger partial charge in [0.15, 0.2) is 5.76 Å². The van der Waals surface area contributed by atoms with Crippen molar-refractivity contribution in [1.29, 1.82) is 0 Å². The number of aromatic nitrogens is 2. The van der Waals surface area contributed by atoms with E-state index in [0.717, 1.165) is 49.0 Å². The van der Waals surface area contributed by atoms with Gasteiger partial charge in [0.2, 0.25) is 0 Å². The van der Waals surface area contributed by atoms with Crippen LogP contribution in [0.2, 0.25) is 0 Å². The molecule has 4 rings (SSSR count). The molecule has 3 heterocycles. The van der Waals surface area contributed by atoms with Crippen LogP contribution in [0.4, 0.5) is 0 Å². The lowest BCUT2D eigenvalue weighted by molar-refractivity contribution is 0.190. The minimum atomic E-state index is 0.558. The summed E-state index contributed by atoms with van der Waals surface area (Å²) in [6.45, 7) is 6.11. The molecular weight excluding hydrogens is 324 g/mol. The largest absolute Gasteiger partial charge is 0.460 e. The first kappa shape index (κ1) is 17.1. The Hall–Kier alpha value is -2.37. The van der Waals surface area contributed by atoms with Crippen molar-refractivity contribution in [3.05, 3.63) is 65.5 Å². The Labute approximate surface area is 154 Å². The SMILES string of the molecule is Cc1ccc(-c2[nH]ncc2CNC2CCN(Cc3ccccc3)CC2)o1. The predicted octanol–water partition coefficient (Wildman–Crippen LogP) is 3.73. The average molecular weight is 350 g/mol. The molecular formula is C21H26N4O. The van der Waals surface area contributed by atoms with Crippen LogP contribution in [0.25, 0.3) is 11.5 Å². The molecule has 26 heavy (non-hydrogen) atoms. The van der Waals surface area contributed by atoms with Crippen molar-refractivity contribution in [1.82, 2.24) is 20.4 Å². The lowest BCUT2D eigenvalue weighted by Gasteiger charge is -2.32. The number of hydrogen-bond acceptors (Lipinski definition) is 4. The zero-order valence-electron chi connectivity index (χ0n) is 15.2. The maximum Gasteiger partial charge on any atom is 0.152 e. The summed E-state index contributed by atoms with van der Waals surface area (Å²) >= 11 is 0. The second-order valence-corrected chi connectivity index (χ2v) is 7.10. The minimum Gasteiger partial charge on any atom is -0.460 e. The molecule has 1 aliphatic rings. The Morgan fingerprint density at radius 2 is 1.96 bits per heavy atom. The fourth-order valence-electron chi connectivity index (χ4n) is 3.62. The van der Waals surface area contributed by atoms with Crippen LogP contribution in [0.15, 0.2) is 53.1 Å². The number of hydrogen-bond donors (Lipinski definition) is 2. The first-order valence-electron chi connectivity index (χ1n) is 9.36. The molecule has 0 spiro atoms. The molecule has 0 saturated carbocycles. The molecule has 0 amide bonds. The average Bonchev–Trinajstić information content (AvgIpc) is 3.30. The van der Waals surface area contributed by atoms with Crippen molar-refractivity contribution < 1.29 is 4.42 Å². The molecule has 2 aromatic heterocycles. The van der Waals surface area contributed by atoms with E-state index in [-0.39, 0.29) is 0 Å². The standard InChI is InChI=1S/C21H26N4O/c1-16-7-8-20(26-16)21-18(14-23-24-21)13-22-19-9-11-25(12-10-19)15-17-5-3-2-4-6-17/h2-8,14,19,22H,9-13,15H2,1H3,(H,23,24). The molecule has 0 atom stereocenters. The third-order valence-corrected chi connectivity index (χ3v) is 5.12. The van der Waals surface area contributed by atoms with Gasteiger partial charge in [0, 0.05) is 24.7 Å². The lowest BCUT2D eigenvalue weighted by atomic mass is 10.0. The highest BCUT2D eigenvalue weighted by Gasteiger charge is 2.20. The van der Waals surface area contributed by atoms with E-state index in [1.165, 1.54) is 18.4 Å². The van der Waals surface area contributed by atoms with Crippen LogP contribution in [0.5, 0.6) is 0 Å². The summed E-state index contributed by atoms with van der Waals surface area (Å²) < 4.78 is 5.73. The van der Waals surface area contributed by atoms with Crippen LogP contribution >= 0.6 is 0 Å². The maximum absolute atomic E-state index is 5.73. The lowest BCUT2D eigenvalue weighted by Crippen LogP contribution is -2.41. The number of benzene rings is 1. The number of aryl methyl sites for hydroxylation is 1. The number of nitrogens with zero attached hydrogens (tertiary/aromatic N) is 2. The smallest absolute Gasteiger partial charge is 0.152 e. The van der Waals surface area contributed by atoms with E-state index in [1.807, 2.05) is 25.3 Å². The number of furan rings is 1. The summed E-state index contributed by atoms with van der Waals surface area (Å²) in [7, 11) is 0. The van der Waals surface area contributed by atoms with E-state index in [4.69, 9.17) is 4.42 Å². The van der Waals surface area contributed by atoms with Gasteiger partial charge in [-0.15, -0.1) is 0 Å². The Kier molecular flexibility index (Phi) is 5.18. The molecule has 136 valence electrons. The Morgan fingerprint density at radius 1 is 1.15 bits per heavy atom. The molecule has 1 fully saturated rings. The summed E-state index contributed by atoms with van der Waals surface area (Å²) in [5, 5.41) is 11.0. The van der Waals surface area contributed by atoms with Crippen LogP contribution < -0.4 is 5.32 Å². The summed E-state index contributed by atoms with van der Waals surface area (Å²) in [5.41, 5.74) is 3.54. The molecule has 0 radical (unpaired) electrons. The van der Waals surface area contributed by atoms with Gasteiger partial charge in [0.1, 0.15) is 11.5 Å². The number of aromatic amines is 1. The van der Waals surface area contributed by atoms with Crippen LogP contribution in [0.3, 0.4) is 0 Å². The fraction of sp³-hybridized carbons (Fsp3) is 0.381. The third-order valence-electron chi connectivity index (χ3n) is 5.12. The first-order chi connectivity index (χ1) is 12.8. The number of H-pyrrole nitrogens is 1. The van der Waals surface area contributed by atoms with E-state index < -0.39 is 0 Å². The summed E-state index contributed by atoms with van der Waals surface area (Å²) in [5.74, 6) is 1.77.